The van der Waals surface area contributed by atoms with Crippen LogP contribution in [-0.4, -0.2) is 32.5 Å². The topological polar surface area (TPSA) is 46.0 Å². The third kappa shape index (κ3) is 2.99. The van der Waals surface area contributed by atoms with Gasteiger partial charge in [-0.15, -0.1) is 0 Å². The third-order valence-corrected chi connectivity index (χ3v) is 4.79. The molecule has 5 nitrogen and oxygen atoms in total. The van der Waals surface area contributed by atoms with Gasteiger partial charge in [-0.3, -0.25) is 4.90 Å². The second kappa shape index (κ2) is 6.08. The van der Waals surface area contributed by atoms with Crippen molar-refractivity contribution in [3.05, 3.63) is 42.1 Å². The van der Waals surface area contributed by atoms with E-state index in [1.54, 1.807) is 6.20 Å². The van der Waals surface area contributed by atoms with E-state index in [0.717, 1.165) is 43.6 Å². The van der Waals surface area contributed by atoms with Crippen LogP contribution in [0.4, 0.5) is 5.82 Å². The summed E-state index contributed by atoms with van der Waals surface area (Å²) in [5, 5.41) is 3.33. The number of pyridine rings is 1. The Morgan fingerprint density at radius 1 is 1.23 bits per heavy atom. The lowest BCUT2D eigenvalue weighted by atomic mass is 9.85. The Labute approximate surface area is 131 Å². The zero-order valence-corrected chi connectivity index (χ0v) is 12.9. The van der Waals surface area contributed by atoms with E-state index in [4.69, 9.17) is 4.98 Å². The van der Waals surface area contributed by atoms with Gasteiger partial charge in [-0.2, -0.15) is 0 Å². The molecular weight excluding hydrogens is 274 g/mol. The molecule has 1 N–H and O–H groups in total. The molecule has 0 bridgehead atoms. The number of aromatic nitrogens is 3. The molecule has 1 saturated carbocycles. The number of hydrogen-bond acceptors (Lipinski definition) is 4. The summed E-state index contributed by atoms with van der Waals surface area (Å²) in [6.07, 6.45) is 8.26. The van der Waals surface area contributed by atoms with E-state index >= 15 is 0 Å². The second-order valence-electron chi connectivity index (χ2n) is 6.44. The minimum Gasteiger partial charge on any atom is -0.364 e. The fraction of sp³-hybridized carbons (Fsp3) is 0.529. The van der Waals surface area contributed by atoms with E-state index in [9.17, 15) is 0 Å². The first-order chi connectivity index (χ1) is 10.9. The van der Waals surface area contributed by atoms with E-state index < -0.39 is 0 Å². The molecule has 0 radical (unpaired) electrons. The van der Waals surface area contributed by atoms with Crippen LogP contribution in [-0.2, 0) is 19.6 Å². The zero-order valence-electron chi connectivity index (χ0n) is 12.9. The van der Waals surface area contributed by atoms with E-state index in [0.29, 0.717) is 0 Å². The summed E-state index contributed by atoms with van der Waals surface area (Å²) in [5.74, 6) is 3.05. The van der Waals surface area contributed by atoms with Gasteiger partial charge in [-0.25, -0.2) is 9.97 Å². The number of anilines is 1. The first kappa shape index (κ1) is 13.8. The Morgan fingerprint density at radius 3 is 2.95 bits per heavy atom. The van der Waals surface area contributed by atoms with Crippen molar-refractivity contribution in [3.63, 3.8) is 0 Å². The van der Waals surface area contributed by atoms with Gasteiger partial charge in [0.2, 0.25) is 0 Å². The molecule has 1 fully saturated rings. The molecule has 22 heavy (non-hydrogen) atoms. The van der Waals surface area contributed by atoms with Gasteiger partial charge < -0.3 is 9.88 Å². The first-order valence-electron chi connectivity index (χ1n) is 8.29. The van der Waals surface area contributed by atoms with Crippen molar-refractivity contribution < 1.29 is 0 Å². The van der Waals surface area contributed by atoms with Crippen molar-refractivity contribution in [1.82, 2.24) is 19.4 Å². The smallest absolute Gasteiger partial charge is 0.126 e. The predicted octanol–water partition coefficient (Wildman–Crippen LogP) is 2.51. The number of nitrogens with zero attached hydrogens (tertiary/aromatic N) is 4. The lowest BCUT2D eigenvalue weighted by Crippen LogP contribution is -2.38. The minimum absolute atomic E-state index is 0.736. The molecule has 0 atom stereocenters. The van der Waals surface area contributed by atoms with E-state index in [-0.39, 0.29) is 0 Å². The standard InChI is InChI=1S/C17H23N5/c1-2-7-18-16(6-1)19-10-15-12-22-9-8-21(13-17(22)20-15)11-14-4-3-5-14/h1-2,6-7,12,14H,3-5,8-11,13H2,(H,18,19). The molecule has 0 amide bonds. The van der Waals surface area contributed by atoms with Crippen molar-refractivity contribution in [1.29, 1.82) is 0 Å². The highest BCUT2D eigenvalue weighted by Crippen LogP contribution is 2.28. The van der Waals surface area contributed by atoms with Crippen LogP contribution in [0, 0.1) is 5.92 Å². The lowest BCUT2D eigenvalue weighted by molar-refractivity contribution is 0.147. The molecule has 5 heteroatoms. The van der Waals surface area contributed by atoms with Crippen LogP contribution < -0.4 is 5.32 Å². The van der Waals surface area contributed by atoms with Crippen molar-refractivity contribution in [3.8, 4) is 0 Å². The monoisotopic (exact) mass is 297 g/mol. The van der Waals surface area contributed by atoms with Crippen LogP contribution >= 0.6 is 0 Å². The Morgan fingerprint density at radius 2 is 2.18 bits per heavy atom. The number of rotatable bonds is 5. The van der Waals surface area contributed by atoms with Gasteiger partial charge in [0.05, 0.1) is 18.8 Å². The molecule has 116 valence electrons. The van der Waals surface area contributed by atoms with E-state index in [2.05, 4.69) is 26.0 Å². The normalized spacial score (nSPS) is 18.7. The summed E-state index contributed by atoms with van der Waals surface area (Å²) in [5.41, 5.74) is 1.10. The average molecular weight is 297 g/mol. The molecule has 2 aliphatic rings. The van der Waals surface area contributed by atoms with Gasteiger partial charge in [-0.1, -0.05) is 12.5 Å². The number of hydrogen-bond donors (Lipinski definition) is 1. The van der Waals surface area contributed by atoms with Gasteiger partial charge in [-0.05, 0) is 30.9 Å². The molecule has 3 heterocycles. The van der Waals surface area contributed by atoms with Crippen LogP contribution in [0.2, 0.25) is 0 Å². The summed E-state index contributed by atoms with van der Waals surface area (Å²) in [7, 11) is 0. The van der Waals surface area contributed by atoms with Gasteiger partial charge in [0.25, 0.3) is 0 Å². The Kier molecular flexibility index (Phi) is 3.81. The van der Waals surface area contributed by atoms with Crippen molar-refractivity contribution >= 4 is 5.82 Å². The molecule has 0 aromatic carbocycles. The van der Waals surface area contributed by atoms with E-state index in [1.807, 2.05) is 18.2 Å². The number of nitrogens with one attached hydrogen (secondary N) is 1. The second-order valence-corrected chi connectivity index (χ2v) is 6.44. The van der Waals surface area contributed by atoms with Crippen molar-refractivity contribution in [2.75, 3.05) is 18.4 Å². The Bertz CT molecular complexity index is 617. The van der Waals surface area contributed by atoms with Crippen molar-refractivity contribution in [2.24, 2.45) is 5.92 Å². The largest absolute Gasteiger partial charge is 0.364 e. The molecular formula is C17H23N5. The highest BCUT2D eigenvalue weighted by atomic mass is 15.2. The molecule has 0 saturated heterocycles. The molecule has 0 unspecified atom stereocenters. The van der Waals surface area contributed by atoms with Crippen LogP contribution in [0.15, 0.2) is 30.6 Å². The van der Waals surface area contributed by atoms with Crippen molar-refractivity contribution in [2.45, 2.75) is 38.9 Å². The lowest BCUT2D eigenvalue weighted by Gasteiger charge is -2.34. The van der Waals surface area contributed by atoms with Gasteiger partial charge in [0.1, 0.15) is 11.6 Å². The average Bonchev–Trinajstić information content (AvgIpc) is 2.92. The number of fused-ring (bicyclic) bond motifs is 1. The van der Waals surface area contributed by atoms with Gasteiger partial charge in [0, 0.05) is 32.0 Å². The van der Waals surface area contributed by atoms with Gasteiger partial charge in [0.15, 0.2) is 0 Å². The molecule has 2 aromatic heterocycles. The Balaban J connectivity index is 1.36. The Hall–Kier alpha value is -1.88. The van der Waals surface area contributed by atoms with Crippen LogP contribution in [0.5, 0.6) is 0 Å². The SMILES string of the molecule is c1ccc(NCc2cn3c(n2)CN(CC2CCC2)CC3)nc1. The summed E-state index contributed by atoms with van der Waals surface area (Å²) in [6.45, 7) is 5.22. The summed E-state index contributed by atoms with van der Waals surface area (Å²) in [4.78, 5) is 11.7. The number of imidazole rings is 1. The van der Waals surface area contributed by atoms with Crippen LogP contribution in [0.3, 0.4) is 0 Å². The maximum Gasteiger partial charge on any atom is 0.126 e. The molecule has 1 aliphatic carbocycles. The molecule has 0 spiro atoms. The van der Waals surface area contributed by atoms with Gasteiger partial charge >= 0.3 is 0 Å². The third-order valence-electron chi connectivity index (χ3n) is 4.79. The minimum atomic E-state index is 0.736. The highest BCUT2D eigenvalue weighted by molar-refractivity contribution is 5.33. The zero-order chi connectivity index (χ0) is 14.8. The maximum absolute atomic E-state index is 4.80. The molecule has 1 aliphatic heterocycles. The van der Waals surface area contributed by atoms with Crippen LogP contribution in [0.25, 0.3) is 0 Å². The molecule has 4 rings (SSSR count). The highest BCUT2D eigenvalue weighted by Gasteiger charge is 2.24. The van der Waals surface area contributed by atoms with Crippen LogP contribution in [0.1, 0.15) is 30.8 Å². The summed E-state index contributed by atoms with van der Waals surface area (Å²) >= 11 is 0. The van der Waals surface area contributed by atoms with E-state index in [1.165, 1.54) is 31.6 Å². The predicted molar refractivity (Wildman–Crippen MR) is 86.4 cm³/mol. The first-order valence-corrected chi connectivity index (χ1v) is 8.29. The fourth-order valence-electron chi connectivity index (χ4n) is 3.29. The summed E-state index contributed by atoms with van der Waals surface area (Å²) < 4.78 is 2.31. The summed E-state index contributed by atoms with van der Waals surface area (Å²) in [6, 6.07) is 5.90. The fourth-order valence-corrected chi connectivity index (χ4v) is 3.29. The quantitative estimate of drug-likeness (QED) is 0.921. The maximum atomic E-state index is 4.80. The molecule has 2 aromatic rings.